The average molecular weight is 477 g/mol. The fourth-order valence-electron chi connectivity index (χ4n) is 3.84. The van der Waals surface area contributed by atoms with Gasteiger partial charge in [0.2, 0.25) is 0 Å². The summed E-state index contributed by atoms with van der Waals surface area (Å²) < 4.78 is 2.34. The van der Waals surface area contributed by atoms with Crippen molar-refractivity contribution in [1.29, 1.82) is 0 Å². The van der Waals surface area contributed by atoms with Crippen LogP contribution >= 0.6 is 35.7 Å². The second-order valence-electron chi connectivity index (χ2n) is 7.02. The molecular weight excluding hydrogens is 445 g/mol. The summed E-state index contributed by atoms with van der Waals surface area (Å²) in [5.74, 6) is 2.33. The van der Waals surface area contributed by atoms with Gasteiger partial charge in [0.05, 0.1) is 6.20 Å². The van der Waals surface area contributed by atoms with Crippen molar-refractivity contribution in [3.63, 3.8) is 0 Å². The maximum Gasteiger partial charge on any atom is 0.193 e. The number of aromatic nitrogens is 2. The molecule has 1 saturated heterocycles. The minimum atomic E-state index is 0. The lowest BCUT2D eigenvalue weighted by Gasteiger charge is -2.45. The lowest BCUT2D eigenvalue weighted by atomic mass is 9.87. The highest BCUT2D eigenvalue weighted by Gasteiger charge is 2.38. The predicted octanol–water partition coefficient (Wildman–Crippen LogP) is 3.30. The molecule has 2 fully saturated rings. The van der Waals surface area contributed by atoms with Crippen LogP contribution in [0.25, 0.3) is 0 Å². The van der Waals surface area contributed by atoms with Gasteiger partial charge in [-0.15, -0.1) is 24.0 Å². The van der Waals surface area contributed by atoms with Crippen molar-refractivity contribution >= 4 is 41.7 Å². The Morgan fingerprint density at radius 1 is 1.36 bits per heavy atom. The largest absolute Gasteiger partial charge is 0.357 e. The zero-order valence-electron chi connectivity index (χ0n) is 15.5. The molecule has 7 heteroatoms. The van der Waals surface area contributed by atoms with E-state index in [4.69, 9.17) is 4.99 Å². The Hall–Kier alpha value is -0.440. The molecule has 0 amide bonds. The van der Waals surface area contributed by atoms with E-state index in [1.165, 1.54) is 43.4 Å². The Bertz CT molecular complexity index is 548. The molecule has 5 nitrogen and oxygen atoms in total. The highest BCUT2D eigenvalue weighted by Crippen LogP contribution is 2.42. The highest BCUT2D eigenvalue weighted by molar-refractivity contribution is 14.0. The number of thioether (sulfide) groups is 1. The first-order valence-electron chi connectivity index (χ1n) is 9.35. The van der Waals surface area contributed by atoms with Crippen LogP contribution < -0.4 is 5.32 Å². The number of aryl methyl sites for hydroxylation is 1. The van der Waals surface area contributed by atoms with Gasteiger partial charge in [0.1, 0.15) is 0 Å². The molecule has 0 atom stereocenters. The Morgan fingerprint density at radius 3 is 2.84 bits per heavy atom. The first-order valence-corrected chi connectivity index (χ1v) is 10.3. The molecule has 1 spiro atoms. The predicted molar refractivity (Wildman–Crippen MR) is 118 cm³/mol. The van der Waals surface area contributed by atoms with Crippen LogP contribution in [0, 0.1) is 0 Å². The zero-order chi connectivity index (χ0) is 16.8. The van der Waals surface area contributed by atoms with Crippen LogP contribution in [0.5, 0.6) is 0 Å². The van der Waals surface area contributed by atoms with E-state index in [9.17, 15) is 0 Å². The normalized spacial score (nSPS) is 20.4. The van der Waals surface area contributed by atoms with Crippen LogP contribution in [0.4, 0.5) is 0 Å². The van der Waals surface area contributed by atoms with Crippen molar-refractivity contribution in [2.75, 3.05) is 31.9 Å². The van der Waals surface area contributed by atoms with Crippen LogP contribution in [0.3, 0.4) is 0 Å². The molecule has 0 bridgehead atoms. The van der Waals surface area contributed by atoms with Gasteiger partial charge in [0.25, 0.3) is 0 Å². The molecule has 2 heterocycles. The number of hydrogen-bond acceptors (Lipinski definition) is 3. The molecule has 0 aromatic carbocycles. The van der Waals surface area contributed by atoms with E-state index in [0.717, 1.165) is 38.6 Å². The van der Waals surface area contributed by atoms with Gasteiger partial charge in [-0.1, -0.05) is 19.3 Å². The van der Waals surface area contributed by atoms with E-state index in [1.54, 1.807) is 0 Å². The minimum Gasteiger partial charge on any atom is -0.357 e. The van der Waals surface area contributed by atoms with Crippen LogP contribution in [-0.4, -0.2) is 57.3 Å². The zero-order valence-corrected chi connectivity index (χ0v) is 18.7. The first-order chi connectivity index (χ1) is 11.7. The van der Waals surface area contributed by atoms with Crippen LogP contribution in [0.2, 0.25) is 0 Å². The number of nitrogens with zero attached hydrogens (tertiary/aromatic N) is 4. The maximum absolute atomic E-state index is 4.90. The van der Waals surface area contributed by atoms with Gasteiger partial charge >= 0.3 is 0 Å². The second-order valence-corrected chi connectivity index (χ2v) is 8.58. The molecule has 1 saturated carbocycles. The van der Waals surface area contributed by atoms with E-state index < -0.39 is 0 Å². The fraction of sp³-hybridized carbons (Fsp3) is 0.778. The Kier molecular flexibility index (Phi) is 8.38. The van der Waals surface area contributed by atoms with Gasteiger partial charge in [0, 0.05) is 49.9 Å². The van der Waals surface area contributed by atoms with Gasteiger partial charge in [0.15, 0.2) is 5.96 Å². The lowest BCUT2D eigenvalue weighted by Crippen LogP contribution is -2.53. The summed E-state index contributed by atoms with van der Waals surface area (Å²) in [6.07, 6.45) is 11.9. The highest BCUT2D eigenvalue weighted by atomic mass is 127. The van der Waals surface area contributed by atoms with Crippen LogP contribution in [0.15, 0.2) is 17.4 Å². The van der Waals surface area contributed by atoms with E-state index in [-0.39, 0.29) is 24.0 Å². The number of hydrogen-bond donors (Lipinski definition) is 1. The van der Waals surface area contributed by atoms with Gasteiger partial charge in [-0.2, -0.15) is 16.9 Å². The van der Waals surface area contributed by atoms with Gasteiger partial charge in [-0.25, -0.2) is 0 Å². The molecule has 1 aromatic rings. The van der Waals surface area contributed by atoms with Crippen molar-refractivity contribution in [2.45, 2.75) is 50.2 Å². The quantitative estimate of drug-likeness (QED) is 0.411. The third-order valence-corrected chi connectivity index (χ3v) is 6.60. The van der Waals surface area contributed by atoms with Gasteiger partial charge in [-0.3, -0.25) is 9.67 Å². The van der Waals surface area contributed by atoms with Crippen LogP contribution in [-0.2, 0) is 13.5 Å². The van der Waals surface area contributed by atoms with Crippen molar-refractivity contribution in [2.24, 2.45) is 12.0 Å². The SMILES string of the molecule is CCNC(=NCCc1cnn(C)c1)N1CCSC2(CCCCC2)C1.I. The van der Waals surface area contributed by atoms with E-state index in [2.05, 4.69) is 40.2 Å². The average Bonchev–Trinajstić information content (AvgIpc) is 3.00. The minimum absolute atomic E-state index is 0. The molecule has 142 valence electrons. The summed E-state index contributed by atoms with van der Waals surface area (Å²) in [5, 5.41) is 7.75. The molecule has 25 heavy (non-hydrogen) atoms. The van der Waals surface area contributed by atoms with Gasteiger partial charge < -0.3 is 10.2 Å². The molecule has 1 aliphatic heterocycles. The number of aliphatic imine (C=N–C) groups is 1. The number of halogens is 1. The first kappa shape index (κ1) is 20.9. The molecular formula is C18H32IN5S. The van der Waals surface area contributed by atoms with Crippen LogP contribution in [0.1, 0.15) is 44.6 Å². The molecule has 3 rings (SSSR count). The molecule has 1 aliphatic carbocycles. The topological polar surface area (TPSA) is 45.5 Å². The Labute approximate surface area is 173 Å². The fourth-order valence-corrected chi connectivity index (χ4v) is 5.41. The van der Waals surface area contributed by atoms with Crippen molar-refractivity contribution < 1.29 is 0 Å². The standard InChI is InChI=1S/C18H31N5S.HI/c1-3-19-17(20-10-7-16-13-21-22(2)14-16)23-11-12-24-18(15-23)8-5-4-6-9-18;/h13-14H,3-12,15H2,1-2H3,(H,19,20);1H. The Morgan fingerprint density at radius 2 is 2.16 bits per heavy atom. The summed E-state index contributed by atoms with van der Waals surface area (Å²) in [4.78, 5) is 7.41. The number of guanidine groups is 1. The summed E-state index contributed by atoms with van der Waals surface area (Å²) in [6.45, 7) is 6.19. The lowest BCUT2D eigenvalue weighted by molar-refractivity contribution is 0.293. The molecule has 2 aliphatic rings. The number of nitrogens with one attached hydrogen (secondary N) is 1. The second kappa shape index (κ2) is 10.0. The van der Waals surface area contributed by atoms with Crippen molar-refractivity contribution in [3.8, 4) is 0 Å². The maximum atomic E-state index is 4.90. The number of rotatable bonds is 4. The van der Waals surface area contributed by atoms with Crippen molar-refractivity contribution in [3.05, 3.63) is 18.0 Å². The molecule has 1 aromatic heterocycles. The summed E-state index contributed by atoms with van der Waals surface area (Å²) in [7, 11) is 1.96. The third kappa shape index (κ3) is 5.77. The smallest absolute Gasteiger partial charge is 0.193 e. The molecule has 0 unspecified atom stereocenters. The monoisotopic (exact) mass is 477 g/mol. The molecule has 1 N–H and O–H groups in total. The molecule has 0 radical (unpaired) electrons. The summed E-state index contributed by atoms with van der Waals surface area (Å²) in [5.41, 5.74) is 1.26. The summed E-state index contributed by atoms with van der Waals surface area (Å²) in [6, 6.07) is 0. The Balaban J connectivity index is 0.00000225. The summed E-state index contributed by atoms with van der Waals surface area (Å²) >= 11 is 2.21. The van der Waals surface area contributed by atoms with Gasteiger partial charge in [-0.05, 0) is 31.7 Å². The van der Waals surface area contributed by atoms with E-state index in [1.807, 2.05) is 17.9 Å². The van der Waals surface area contributed by atoms with Crippen molar-refractivity contribution in [1.82, 2.24) is 20.0 Å². The van der Waals surface area contributed by atoms with E-state index in [0.29, 0.717) is 4.75 Å². The van der Waals surface area contributed by atoms with E-state index >= 15 is 0 Å². The third-order valence-electron chi connectivity index (χ3n) is 5.07.